The summed E-state index contributed by atoms with van der Waals surface area (Å²) in [7, 11) is 1.26. The zero-order valence-electron chi connectivity index (χ0n) is 13.8. The van der Waals surface area contributed by atoms with Gasteiger partial charge in [-0.3, -0.25) is 0 Å². The van der Waals surface area contributed by atoms with Gasteiger partial charge in [-0.25, -0.2) is 14.4 Å². The third kappa shape index (κ3) is 7.48. The molecule has 2 N–H and O–H groups in total. The van der Waals surface area contributed by atoms with Crippen LogP contribution in [0.1, 0.15) is 23.7 Å². The zero-order valence-corrected chi connectivity index (χ0v) is 13.8. The number of rotatable bonds is 9. The van der Waals surface area contributed by atoms with Gasteiger partial charge in [0.15, 0.2) is 6.61 Å². The van der Waals surface area contributed by atoms with Crippen LogP contribution in [0.15, 0.2) is 24.3 Å². The minimum Gasteiger partial charge on any atom is -0.482 e. The molecule has 0 spiro atoms. The van der Waals surface area contributed by atoms with Crippen molar-refractivity contribution in [2.75, 3.05) is 33.4 Å². The minimum atomic E-state index is -0.511. The molecule has 0 atom stereocenters. The first-order valence-electron chi connectivity index (χ1n) is 7.55. The van der Waals surface area contributed by atoms with Gasteiger partial charge in [-0.1, -0.05) is 6.07 Å². The van der Waals surface area contributed by atoms with Gasteiger partial charge in [0.05, 0.1) is 19.3 Å². The Bertz CT molecular complexity index is 561. The number of hydrogen-bond donors (Lipinski definition) is 2. The predicted molar refractivity (Wildman–Crippen MR) is 85.9 cm³/mol. The monoisotopic (exact) mass is 338 g/mol. The van der Waals surface area contributed by atoms with Crippen LogP contribution >= 0.6 is 0 Å². The summed E-state index contributed by atoms with van der Waals surface area (Å²) in [6.45, 7) is 2.72. The van der Waals surface area contributed by atoms with E-state index in [0.717, 1.165) is 0 Å². The molecule has 0 aliphatic rings. The molecule has 132 valence electrons. The fraction of sp³-hybridized carbons (Fsp3) is 0.438. The molecule has 0 aliphatic heterocycles. The van der Waals surface area contributed by atoms with E-state index in [2.05, 4.69) is 15.4 Å². The summed E-state index contributed by atoms with van der Waals surface area (Å²) in [6, 6.07) is 6.06. The van der Waals surface area contributed by atoms with Gasteiger partial charge in [0.2, 0.25) is 0 Å². The lowest BCUT2D eigenvalue weighted by molar-refractivity contribution is -0.142. The first kappa shape index (κ1) is 19.3. The highest BCUT2D eigenvalue weighted by atomic mass is 16.6. The summed E-state index contributed by atoms with van der Waals surface area (Å²) in [5.41, 5.74) is 0.314. The number of nitrogens with one attached hydrogen (secondary N) is 2. The summed E-state index contributed by atoms with van der Waals surface area (Å²) in [4.78, 5) is 34.1. The van der Waals surface area contributed by atoms with Gasteiger partial charge in [0.25, 0.3) is 0 Å². The maximum Gasteiger partial charge on any atom is 0.343 e. The number of benzene rings is 1. The highest BCUT2D eigenvalue weighted by Crippen LogP contribution is 2.14. The Morgan fingerprint density at radius 3 is 2.67 bits per heavy atom. The van der Waals surface area contributed by atoms with Crippen molar-refractivity contribution < 1.29 is 28.6 Å². The second kappa shape index (κ2) is 10.9. The molecule has 8 heteroatoms. The number of methoxy groups -OCH3 is 1. The largest absolute Gasteiger partial charge is 0.482 e. The smallest absolute Gasteiger partial charge is 0.343 e. The molecule has 1 rings (SSSR count). The van der Waals surface area contributed by atoms with E-state index in [-0.39, 0.29) is 19.2 Å². The quantitative estimate of drug-likeness (QED) is 0.516. The number of carbonyl (C=O) groups is 3. The maximum absolute atomic E-state index is 11.9. The molecule has 1 aromatic carbocycles. The van der Waals surface area contributed by atoms with Gasteiger partial charge in [0, 0.05) is 13.1 Å². The van der Waals surface area contributed by atoms with E-state index < -0.39 is 11.9 Å². The third-order valence-electron chi connectivity index (χ3n) is 2.83. The van der Waals surface area contributed by atoms with E-state index in [4.69, 9.17) is 9.47 Å². The highest BCUT2D eigenvalue weighted by Gasteiger charge is 2.09. The Labute approximate surface area is 140 Å². The number of ether oxygens (including phenoxy) is 3. The predicted octanol–water partition coefficient (Wildman–Crippen LogP) is 1.10. The van der Waals surface area contributed by atoms with E-state index in [1.165, 1.54) is 13.2 Å². The molecule has 2 amide bonds. The van der Waals surface area contributed by atoms with Crippen LogP contribution in [0.2, 0.25) is 0 Å². The van der Waals surface area contributed by atoms with Crippen molar-refractivity contribution in [2.45, 2.75) is 13.3 Å². The third-order valence-corrected chi connectivity index (χ3v) is 2.83. The fourth-order valence-electron chi connectivity index (χ4n) is 1.66. The van der Waals surface area contributed by atoms with Gasteiger partial charge in [-0.05, 0) is 31.5 Å². The van der Waals surface area contributed by atoms with E-state index in [1.807, 2.05) is 6.92 Å². The molecular formula is C16H22N2O6. The molecule has 0 aliphatic carbocycles. The van der Waals surface area contributed by atoms with Gasteiger partial charge in [-0.2, -0.15) is 0 Å². The molecule has 0 saturated carbocycles. The summed E-state index contributed by atoms with van der Waals surface area (Å²) in [5, 5.41) is 5.23. The van der Waals surface area contributed by atoms with Gasteiger partial charge in [-0.15, -0.1) is 0 Å². The highest BCUT2D eigenvalue weighted by molar-refractivity contribution is 5.89. The topological polar surface area (TPSA) is 103 Å². The first-order chi connectivity index (χ1) is 11.6. The maximum atomic E-state index is 11.9. The van der Waals surface area contributed by atoms with Crippen LogP contribution in [0.3, 0.4) is 0 Å². The van der Waals surface area contributed by atoms with E-state index in [0.29, 0.717) is 30.8 Å². The minimum absolute atomic E-state index is 0.179. The van der Waals surface area contributed by atoms with Crippen molar-refractivity contribution in [2.24, 2.45) is 0 Å². The van der Waals surface area contributed by atoms with Crippen molar-refractivity contribution in [3.05, 3.63) is 29.8 Å². The van der Waals surface area contributed by atoms with Crippen LogP contribution < -0.4 is 15.4 Å². The Hall–Kier alpha value is -2.77. The van der Waals surface area contributed by atoms with Crippen molar-refractivity contribution in [3.63, 3.8) is 0 Å². The summed E-state index contributed by atoms with van der Waals surface area (Å²) in [6.07, 6.45) is 0.501. The molecule has 24 heavy (non-hydrogen) atoms. The number of esters is 2. The van der Waals surface area contributed by atoms with Crippen LogP contribution in [0.4, 0.5) is 4.79 Å². The van der Waals surface area contributed by atoms with Crippen LogP contribution in [0.25, 0.3) is 0 Å². The number of urea groups is 1. The van der Waals surface area contributed by atoms with E-state index in [1.54, 1.807) is 18.2 Å². The summed E-state index contributed by atoms with van der Waals surface area (Å²) in [5.74, 6) is -0.646. The van der Waals surface area contributed by atoms with Crippen molar-refractivity contribution >= 4 is 18.0 Å². The molecule has 0 fully saturated rings. The number of carbonyl (C=O) groups excluding carboxylic acids is 3. The second-order valence-corrected chi connectivity index (χ2v) is 4.67. The Morgan fingerprint density at radius 2 is 1.96 bits per heavy atom. The standard InChI is InChI=1S/C16H22N2O6/c1-3-17-16(21)18-8-5-9-23-15(20)12-6-4-7-13(10-12)24-11-14(19)22-2/h4,6-7,10H,3,5,8-9,11H2,1-2H3,(H2,17,18,21). The van der Waals surface area contributed by atoms with Crippen molar-refractivity contribution in [3.8, 4) is 5.75 Å². The molecule has 0 heterocycles. The Balaban J connectivity index is 2.34. The molecule has 8 nitrogen and oxygen atoms in total. The molecule has 0 saturated heterocycles. The van der Waals surface area contributed by atoms with Gasteiger partial charge >= 0.3 is 18.0 Å². The molecule has 0 bridgehead atoms. The summed E-state index contributed by atoms with van der Waals surface area (Å²) < 4.78 is 14.8. The second-order valence-electron chi connectivity index (χ2n) is 4.67. The Kier molecular flexibility index (Phi) is 8.73. The lowest BCUT2D eigenvalue weighted by atomic mass is 10.2. The van der Waals surface area contributed by atoms with Gasteiger partial charge in [0.1, 0.15) is 5.75 Å². The summed E-state index contributed by atoms with van der Waals surface area (Å²) >= 11 is 0. The van der Waals surface area contributed by atoms with Crippen molar-refractivity contribution in [1.82, 2.24) is 10.6 Å². The fourth-order valence-corrected chi connectivity index (χ4v) is 1.66. The van der Waals surface area contributed by atoms with Crippen LogP contribution in [0, 0.1) is 0 Å². The van der Waals surface area contributed by atoms with Gasteiger partial charge < -0.3 is 24.8 Å². The first-order valence-corrected chi connectivity index (χ1v) is 7.55. The van der Waals surface area contributed by atoms with Crippen molar-refractivity contribution in [1.29, 1.82) is 0 Å². The normalized spacial score (nSPS) is 9.75. The van der Waals surface area contributed by atoms with Crippen LogP contribution in [0.5, 0.6) is 5.75 Å². The van der Waals surface area contributed by atoms with E-state index in [9.17, 15) is 14.4 Å². The molecule has 0 aromatic heterocycles. The lowest BCUT2D eigenvalue weighted by Gasteiger charge is -2.08. The molecule has 1 aromatic rings. The zero-order chi connectivity index (χ0) is 17.8. The van der Waals surface area contributed by atoms with Crippen LogP contribution in [-0.2, 0) is 14.3 Å². The number of hydrogen-bond acceptors (Lipinski definition) is 6. The van der Waals surface area contributed by atoms with Crippen LogP contribution in [-0.4, -0.2) is 51.4 Å². The Morgan fingerprint density at radius 1 is 1.17 bits per heavy atom. The molecular weight excluding hydrogens is 316 g/mol. The average molecular weight is 338 g/mol. The SMILES string of the molecule is CCNC(=O)NCCCOC(=O)c1cccc(OCC(=O)OC)c1. The average Bonchev–Trinajstić information content (AvgIpc) is 2.59. The molecule has 0 radical (unpaired) electrons. The van der Waals surface area contributed by atoms with E-state index >= 15 is 0 Å². The number of amides is 2. The lowest BCUT2D eigenvalue weighted by Crippen LogP contribution is -2.36. The molecule has 0 unspecified atom stereocenters.